The molecule has 0 spiro atoms. The summed E-state index contributed by atoms with van der Waals surface area (Å²) in [5, 5.41) is 0. The van der Waals surface area contributed by atoms with Crippen LogP contribution >= 0.6 is 0 Å². The molecule has 0 N–H and O–H groups in total. The van der Waals surface area contributed by atoms with Crippen molar-refractivity contribution in [2.75, 3.05) is 39.6 Å². The van der Waals surface area contributed by atoms with Crippen molar-refractivity contribution in [1.82, 2.24) is 29.9 Å². The van der Waals surface area contributed by atoms with Crippen molar-refractivity contribution >= 4 is 35.4 Å². The fourth-order valence-corrected chi connectivity index (χ4v) is 5.09. The smallest absolute Gasteiger partial charge is 0.462 e. The van der Waals surface area contributed by atoms with Gasteiger partial charge < -0.3 is 28.7 Å². The number of carbonyl (C=O) groups excluding carboxylic acids is 6. The van der Waals surface area contributed by atoms with E-state index in [0.717, 1.165) is 13.2 Å². The van der Waals surface area contributed by atoms with Crippen LogP contribution in [-0.2, 0) is 23.7 Å². The summed E-state index contributed by atoms with van der Waals surface area (Å²) in [5.74, 6) is -3.11. The van der Waals surface area contributed by atoms with Gasteiger partial charge in [0, 0.05) is 44.2 Å². The predicted molar refractivity (Wildman–Crippen MR) is 235 cm³/mol. The van der Waals surface area contributed by atoms with Crippen molar-refractivity contribution in [1.29, 1.82) is 0 Å². The van der Waals surface area contributed by atoms with Gasteiger partial charge in [0.05, 0.1) is 43.1 Å². The maximum atomic E-state index is 12.3. The molecule has 66 heavy (non-hydrogen) atoms. The second-order valence-corrected chi connectivity index (χ2v) is 12.4. The van der Waals surface area contributed by atoms with Crippen LogP contribution in [0.4, 0.5) is 0 Å². The first-order chi connectivity index (χ1) is 31.7. The van der Waals surface area contributed by atoms with Crippen LogP contribution in [0.25, 0.3) is 0 Å². The summed E-state index contributed by atoms with van der Waals surface area (Å²) in [4.78, 5) is 94.3. The Morgan fingerprint density at radius 3 is 1.26 bits per heavy atom. The minimum Gasteiger partial charge on any atom is -0.462 e. The average Bonchev–Trinajstić information content (AvgIpc) is 3.97. The molecule has 0 aliphatic carbocycles. The van der Waals surface area contributed by atoms with Crippen LogP contribution in [0.1, 0.15) is 114 Å². The Morgan fingerprint density at radius 2 is 0.879 bits per heavy atom. The van der Waals surface area contributed by atoms with Crippen LogP contribution < -0.4 is 18.9 Å². The molecule has 1 saturated heterocycles. The van der Waals surface area contributed by atoms with Crippen LogP contribution in [0.15, 0.2) is 128 Å². The van der Waals surface area contributed by atoms with Crippen LogP contribution in [0.2, 0.25) is 0 Å². The zero-order valence-corrected chi connectivity index (χ0v) is 37.5. The van der Waals surface area contributed by atoms with Crippen LogP contribution in [0, 0.1) is 6.20 Å². The van der Waals surface area contributed by atoms with Crippen molar-refractivity contribution in [2.45, 2.75) is 40.5 Å². The van der Waals surface area contributed by atoms with E-state index < -0.39 is 29.7 Å². The van der Waals surface area contributed by atoms with Gasteiger partial charge in [-0.1, -0.05) is 24.5 Å². The largest absolute Gasteiger partial charge is 1.00 e. The molecule has 6 aromatic heterocycles. The van der Waals surface area contributed by atoms with E-state index in [0.29, 0.717) is 0 Å². The third-order valence-corrected chi connectivity index (χ3v) is 7.95. The van der Waals surface area contributed by atoms with Gasteiger partial charge in [0.15, 0.2) is 11.4 Å². The number of hydrogen-bond acceptors (Lipinski definition) is 17. The molecule has 338 valence electrons. The first kappa shape index (κ1) is 54.8. The molecule has 7 heterocycles. The molecule has 18 heteroatoms. The van der Waals surface area contributed by atoms with E-state index in [1.165, 1.54) is 62.0 Å². The third kappa shape index (κ3) is 18.8. The van der Waals surface area contributed by atoms with E-state index in [1.54, 1.807) is 94.6 Å². The van der Waals surface area contributed by atoms with Gasteiger partial charge in [0.1, 0.15) is 17.1 Å². The quantitative estimate of drug-likeness (QED) is 0.0558. The molecule has 0 radical (unpaired) electrons. The summed E-state index contributed by atoms with van der Waals surface area (Å²) in [6.45, 7) is 9.73. The number of pyridine rings is 6. The zero-order chi connectivity index (χ0) is 47.1. The Balaban J connectivity index is 0.000000302. The number of nitrogens with zero attached hydrogens (tertiary/aromatic N) is 6. The Hall–Kier alpha value is -7.32. The van der Waals surface area contributed by atoms with Crippen LogP contribution in [0.3, 0.4) is 0 Å². The molecule has 1 aliphatic heterocycles. The van der Waals surface area contributed by atoms with E-state index >= 15 is 0 Å². The summed E-state index contributed by atoms with van der Waals surface area (Å²) in [5.41, 5.74) is 1.04. The molecular weight excluding hydrogens is 843 g/mol. The van der Waals surface area contributed by atoms with Gasteiger partial charge in [-0.3, -0.25) is 24.5 Å². The molecule has 1 aliphatic rings. The summed E-state index contributed by atoms with van der Waals surface area (Å²) in [7, 11) is 0. The number of rotatable bonds is 12. The standard InChI is InChI=1S/2C14H12N2O3.C11H13NO4.C5H4N.C4H8O.Li/c1-2-19-14(18)10-6-5-9-16-12(10)13(17)11-7-3-4-8-15-11;1-2-19-14(18)12-10(6-5-9-16-12)13(17)11-7-3-4-8-15-11;1-3-15-10(13)8-6-5-7-12-9(8)11(14)16-4-2;1-2-4-6-5-3-1;1-2-4-5-3-1;/h2*3-9H,2H2,1H3;5-7H,3-4H2,1-2H3;1-4H;1-4H2;/q;;;-1;;+1. The van der Waals surface area contributed by atoms with Gasteiger partial charge in [-0.15, -0.1) is 0 Å². The minimum atomic E-state index is -0.619. The second-order valence-electron chi connectivity index (χ2n) is 12.4. The van der Waals surface area contributed by atoms with Crippen molar-refractivity contribution in [3.8, 4) is 0 Å². The molecule has 1 fully saturated rings. The van der Waals surface area contributed by atoms with Gasteiger partial charge in [-0.25, -0.2) is 29.1 Å². The van der Waals surface area contributed by atoms with Gasteiger partial charge in [0.2, 0.25) is 11.6 Å². The van der Waals surface area contributed by atoms with E-state index in [4.69, 9.17) is 23.7 Å². The number of esters is 4. The monoisotopic (exact) mass is 892 g/mol. The maximum absolute atomic E-state index is 12.3. The Morgan fingerprint density at radius 1 is 0.470 bits per heavy atom. The Kier molecular flexibility index (Phi) is 26.9. The SMILES string of the molecule is C1CCOC1.CCOC(=O)c1cccnc1C(=O)OCC.CCOC(=O)c1cccnc1C(=O)c1ccccn1.CCOC(=O)c1ncccc1C(=O)c1ccccn1.[Li+].[c-]1ccccn1. The van der Waals surface area contributed by atoms with Crippen molar-refractivity contribution in [3.05, 3.63) is 180 Å². The molecule has 17 nitrogen and oxygen atoms in total. The van der Waals surface area contributed by atoms with Crippen molar-refractivity contribution in [3.63, 3.8) is 0 Å². The number of aromatic nitrogens is 6. The van der Waals surface area contributed by atoms with E-state index in [-0.39, 0.29) is 96.2 Å². The molecule has 0 saturated carbocycles. The molecule has 0 bridgehead atoms. The Bertz CT molecular complexity index is 2210. The third-order valence-electron chi connectivity index (χ3n) is 7.95. The minimum absolute atomic E-state index is 0. The van der Waals surface area contributed by atoms with Crippen LogP contribution in [-0.4, -0.2) is 105 Å². The number of hydrogen-bond donors (Lipinski definition) is 0. The molecular formula is C48H49LiN6O11. The van der Waals surface area contributed by atoms with Crippen molar-refractivity contribution < 1.29 is 71.3 Å². The second kappa shape index (κ2) is 32.4. The summed E-state index contributed by atoms with van der Waals surface area (Å²) in [6, 6.07) is 24.8. The van der Waals surface area contributed by atoms with Gasteiger partial charge in [-0.05, 0) is 101 Å². The van der Waals surface area contributed by atoms with E-state index in [2.05, 4.69) is 36.1 Å². The van der Waals surface area contributed by atoms with Crippen molar-refractivity contribution in [2.24, 2.45) is 0 Å². The van der Waals surface area contributed by atoms with Gasteiger partial charge >= 0.3 is 42.7 Å². The molecule has 7 rings (SSSR count). The van der Waals surface area contributed by atoms with E-state index in [9.17, 15) is 28.8 Å². The number of ketones is 2. The fraction of sp³-hybridized carbons (Fsp3) is 0.250. The Labute approximate surface area is 394 Å². The zero-order valence-electron chi connectivity index (χ0n) is 37.5. The first-order valence-electron chi connectivity index (χ1n) is 20.5. The number of ether oxygens (including phenoxy) is 5. The number of carbonyl (C=O) groups is 6. The van der Waals surface area contributed by atoms with Gasteiger partial charge in [-0.2, -0.15) is 18.2 Å². The van der Waals surface area contributed by atoms with Gasteiger partial charge in [0.25, 0.3) is 0 Å². The molecule has 0 amide bonds. The molecule has 0 atom stereocenters. The topological polar surface area (TPSA) is 226 Å². The molecule has 6 aromatic rings. The normalized spacial score (nSPS) is 10.6. The maximum Gasteiger partial charge on any atom is 1.00 e. The first-order valence-corrected chi connectivity index (χ1v) is 20.5. The molecule has 0 aromatic carbocycles. The summed E-state index contributed by atoms with van der Waals surface area (Å²) >= 11 is 0. The van der Waals surface area contributed by atoms with E-state index in [1.807, 2.05) is 12.1 Å². The fourth-order valence-electron chi connectivity index (χ4n) is 5.09. The molecule has 0 unspecified atom stereocenters. The average molecular weight is 893 g/mol. The predicted octanol–water partition coefficient (Wildman–Crippen LogP) is 3.89. The summed E-state index contributed by atoms with van der Waals surface area (Å²) in [6.07, 6.45) is 14.3. The van der Waals surface area contributed by atoms with Crippen LogP contribution in [0.5, 0.6) is 0 Å². The summed E-state index contributed by atoms with van der Waals surface area (Å²) < 4.78 is 24.3.